The maximum absolute atomic E-state index is 13.0. The van der Waals surface area contributed by atoms with Gasteiger partial charge in [0.05, 0.1) is 10.6 Å². The Morgan fingerprint density at radius 1 is 1.11 bits per heavy atom. The lowest BCUT2D eigenvalue weighted by atomic mass is 10.00. The highest BCUT2D eigenvalue weighted by atomic mass is 35.5. The zero-order valence-electron chi connectivity index (χ0n) is 14.5. The first kappa shape index (κ1) is 19.6. The van der Waals surface area contributed by atoms with Crippen molar-refractivity contribution in [2.45, 2.75) is 13.1 Å². The normalized spacial score (nSPS) is 11.3. The second kappa shape index (κ2) is 7.47. The second-order valence-electron chi connectivity index (χ2n) is 6.01. The van der Waals surface area contributed by atoms with Crippen LogP contribution in [0.4, 0.5) is 24.8 Å². The van der Waals surface area contributed by atoms with Gasteiger partial charge in [-0.1, -0.05) is 17.7 Å². The van der Waals surface area contributed by atoms with Crippen molar-refractivity contribution in [3.8, 4) is 11.1 Å². The summed E-state index contributed by atoms with van der Waals surface area (Å²) in [6.45, 7) is 1.85. The highest BCUT2D eigenvalue weighted by Gasteiger charge is 2.33. The van der Waals surface area contributed by atoms with Crippen LogP contribution in [-0.2, 0) is 6.18 Å². The third-order valence-corrected chi connectivity index (χ3v) is 4.34. The molecular weight excluding hydrogens is 393 g/mol. The number of halogens is 4. The molecule has 2 aromatic carbocycles. The van der Waals surface area contributed by atoms with E-state index in [0.29, 0.717) is 11.1 Å². The molecule has 3 N–H and O–H groups in total. The SMILES string of the molecule is Cc1ccc(C(=O)Nc2ccc(Cl)c(C(F)(F)F)c2)cc1-c1cnc(N)nc1. The molecule has 28 heavy (non-hydrogen) atoms. The Hall–Kier alpha value is -3.13. The van der Waals surface area contributed by atoms with Crippen LogP contribution >= 0.6 is 11.6 Å². The van der Waals surface area contributed by atoms with Gasteiger partial charge >= 0.3 is 6.18 Å². The molecule has 0 aliphatic rings. The van der Waals surface area contributed by atoms with E-state index in [0.717, 1.165) is 17.7 Å². The molecule has 0 saturated heterocycles. The van der Waals surface area contributed by atoms with E-state index in [1.807, 2.05) is 6.92 Å². The molecule has 0 radical (unpaired) electrons. The molecule has 3 aromatic rings. The molecule has 0 aliphatic carbocycles. The van der Waals surface area contributed by atoms with Crippen molar-refractivity contribution in [3.63, 3.8) is 0 Å². The van der Waals surface area contributed by atoms with E-state index in [-0.39, 0.29) is 17.2 Å². The van der Waals surface area contributed by atoms with E-state index in [1.165, 1.54) is 18.5 Å². The molecule has 9 heteroatoms. The first-order chi connectivity index (χ1) is 13.1. The number of benzene rings is 2. The van der Waals surface area contributed by atoms with Gasteiger partial charge in [0.25, 0.3) is 5.91 Å². The topological polar surface area (TPSA) is 80.9 Å². The lowest BCUT2D eigenvalue weighted by Gasteiger charge is -2.13. The third kappa shape index (κ3) is 4.23. The van der Waals surface area contributed by atoms with Gasteiger partial charge in [0.2, 0.25) is 5.95 Å². The predicted molar refractivity (Wildman–Crippen MR) is 101 cm³/mol. The number of nitrogens with zero attached hydrogens (tertiary/aromatic N) is 2. The van der Waals surface area contributed by atoms with Gasteiger partial charge in [-0.25, -0.2) is 9.97 Å². The molecular formula is C19H14ClF3N4O. The number of alkyl halides is 3. The summed E-state index contributed by atoms with van der Waals surface area (Å²) in [4.78, 5) is 20.4. The summed E-state index contributed by atoms with van der Waals surface area (Å²) >= 11 is 5.60. The third-order valence-electron chi connectivity index (χ3n) is 4.01. The molecule has 5 nitrogen and oxygen atoms in total. The van der Waals surface area contributed by atoms with Gasteiger partial charge in [-0.2, -0.15) is 13.2 Å². The number of rotatable bonds is 3. The Kier molecular flexibility index (Phi) is 5.24. The van der Waals surface area contributed by atoms with E-state index in [2.05, 4.69) is 15.3 Å². The fourth-order valence-electron chi connectivity index (χ4n) is 2.57. The molecule has 144 valence electrons. The number of anilines is 2. The van der Waals surface area contributed by atoms with Crippen LogP contribution in [0.3, 0.4) is 0 Å². The molecule has 1 aromatic heterocycles. The molecule has 1 amide bonds. The molecule has 0 spiro atoms. The number of nitrogens with two attached hydrogens (primary N) is 1. The molecule has 3 rings (SSSR count). The maximum atomic E-state index is 13.0. The number of aryl methyl sites for hydroxylation is 1. The largest absolute Gasteiger partial charge is 0.417 e. The van der Waals surface area contributed by atoms with Crippen molar-refractivity contribution in [2.75, 3.05) is 11.1 Å². The standard InChI is InChI=1S/C19H14ClF3N4O/c1-10-2-3-11(6-14(10)12-8-25-18(24)26-9-12)17(28)27-13-4-5-16(20)15(7-13)19(21,22)23/h2-9H,1H3,(H,27,28)(H2,24,25,26). The minimum atomic E-state index is -4.62. The Labute approximate surface area is 163 Å². The summed E-state index contributed by atoms with van der Waals surface area (Å²) in [6.07, 6.45) is -1.56. The Bertz CT molecular complexity index is 1040. The number of hydrogen-bond acceptors (Lipinski definition) is 4. The smallest absolute Gasteiger partial charge is 0.368 e. The van der Waals surface area contributed by atoms with Crippen LogP contribution in [0.2, 0.25) is 5.02 Å². The molecule has 0 fully saturated rings. The highest BCUT2D eigenvalue weighted by Crippen LogP contribution is 2.36. The lowest BCUT2D eigenvalue weighted by Crippen LogP contribution is -2.13. The number of amides is 1. The Morgan fingerprint density at radius 2 is 1.79 bits per heavy atom. The van der Waals surface area contributed by atoms with E-state index in [9.17, 15) is 18.0 Å². The number of carbonyl (C=O) groups excluding carboxylic acids is 1. The number of carbonyl (C=O) groups is 1. The molecule has 0 aliphatic heterocycles. The molecule has 0 atom stereocenters. The van der Waals surface area contributed by atoms with Crippen molar-refractivity contribution in [1.82, 2.24) is 9.97 Å². The summed E-state index contributed by atoms with van der Waals surface area (Å²) in [7, 11) is 0. The first-order valence-corrected chi connectivity index (χ1v) is 8.39. The minimum absolute atomic E-state index is 0.0142. The zero-order valence-corrected chi connectivity index (χ0v) is 15.3. The van der Waals surface area contributed by atoms with Gasteiger partial charge < -0.3 is 11.1 Å². The quantitative estimate of drug-likeness (QED) is 0.644. The fourth-order valence-corrected chi connectivity index (χ4v) is 2.80. The number of nitrogens with one attached hydrogen (secondary N) is 1. The van der Waals surface area contributed by atoms with Crippen LogP contribution < -0.4 is 11.1 Å². The maximum Gasteiger partial charge on any atom is 0.417 e. The van der Waals surface area contributed by atoms with Crippen molar-refractivity contribution in [2.24, 2.45) is 0 Å². The van der Waals surface area contributed by atoms with Gasteiger partial charge in [-0.3, -0.25) is 4.79 Å². The van der Waals surface area contributed by atoms with Crippen molar-refractivity contribution >= 4 is 29.1 Å². The average Bonchev–Trinajstić information content (AvgIpc) is 2.63. The predicted octanol–water partition coefficient (Wildman–Crippen LogP) is 4.96. The minimum Gasteiger partial charge on any atom is -0.368 e. The molecule has 1 heterocycles. The van der Waals surface area contributed by atoms with E-state index in [4.69, 9.17) is 17.3 Å². The van der Waals surface area contributed by atoms with Crippen LogP contribution in [0.25, 0.3) is 11.1 Å². The monoisotopic (exact) mass is 406 g/mol. The Morgan fingerprint density at radius 3 is 2.43 bits per heavy atom. The number of aromatic nitrogens is 2. The van der Waals surface area contributed by atoms with Crippen molar-refractivity contribution in [1.29, 1.82) is 0 Å². The van der Waals surface area contributed by atoms with E-state index < -0.39 is 22.7 Å². The number of hydrogen-bond donors (Lipinski definition) is 2. The molecule has 0 unspecified atom stereocenters. The highest BCUT2D eigenvalue weighted by molar-refractivity contribution is 6.31. The Balaban J connectivity index is 1.90. The van der Waals surface area contributed by atoms with Crippen LogP contribution in [0, 0.1) is 6.92 Å². The summed E-state index contributed by atoms with van der Waals surface area (Å²) in [5.41, 5.74) is 6.96. The second-order valence-corrected chi connectivity index (χ2v) is 6.41. The average molecular weight is 407 g/mol. The summed E-state index contributed by atoms with van der Waals surface area (Å²) in [5, 5.41) is 2.02. The van der Waals surface area contributed by atoms with Gasteiger partial charge in [-0.15, -0.1) is 0 Å². The van der Waals surface area contributed by atoms with Crippen LogP contribution in [0.15, 0.2) is 48.8 Å². The van der Waals surface area contributed by atoms with Crippen molar-refractivity contribution < 1.29 is 18.0 Å². The van der Waals surface area contributed by atoms with E-state index >= 15 is 0 Å². The van der Waals surface area contributed by atoms with Gasteiger partial charge in [0.1, 0.15) is 0 Å². The number of nitrogen functional groups attached to an aromatic ring is 1. The molecule has 0 saturated carbocycles. The summed E-state index contributed by atoms with van der Waals surface area (Å²) < 4.78 is 39.0. The summed E-state index contributed by atoms with van der Waals surface area (Å²) in [5.74, 6) is -0.438. The van der Waals surface area contributed by atoms with Gasteiger partial charge in [0.15, 0.2) is 0 Å². The van der Waals surface area contributed by atoms with Gasteiger partial charge in [-0.05, 0) is 48.4 Å². The van der Waals surface area contributed by atoms with Crippen LogP contribution in [0.1, 0.15) is 21.5 Å². The van der Waals surface area contributed by atoms with Crippen LogP contribution in [0.5, 0.6) is 0 Å². The lowest BCUT2D eigenvalue weighted by molar-refractivity contribution is -0.137. The van der Waals surface area contributed by atoms with Crippen molar-refractivity contribution in [3.05, 3.63) is 70.5 Å². The van der Waals surface area contributed by atoms with Gasteiger partial charge in [0, 0.05) is 29.2 Å². The zero-order chi connectivity index (χ0) is 20.5. The van der Waals surface area contributed by atoms with E-state index in [1.54, 1.807) is 18.2 Å². The fraction of sp³-hybridized carbons (Fsp3) is 0.105. The molecule has 0 bridgehead atoms. The van der Waals surface area contributed by atoms with Crippen LogP contribution in [-0.4, -0.2) is 15.9 Å². The summed E-state index contributed by atoms with van der Waals surface area (Å²) in [6, 6.07) is 8.10. The first-order valence-electron chi connectivity index (χ1n) is 8.02.